The van der Waals surface area contributed by atoms with Gasteiger partial charge in [-0.2, -0.15) is 4.98 Å². The summed E-state index contributed by atoms with van der Waals surface area (Å²) >= 11 is 1.04. The van der Waals surface area contributed by atoms with Gasteiger partial charge in [0.2, 0.25) is 17.6 Å². The van der Waals surface area contributed by atoms with Crippen LogP contribution in [0.1, 0.15) is 42.2 Å². The van der Waals surface area contributed by atoms with Gasteiger partial charge in [0.25, 0.3) is 10.0 Å². The molecule has 2 N–H and O–H groups in total. The average Bonchev–Trinajstić information content (AvgIpc) is 3.32. The standard InChI is InChI=1S/C20H22N4O4S2/c1-12-5-3-8-16(13(12)2)22-17(25)10-21-30(26,27)18-9-15(11-29-18)19-23-20(28-24-19)14-6-4-7-14/h3,5,8-9,11,14,21H,4,6-7,10H2,1-2H3,(H,22,25). The first-order valence-electron chi connectivity index (χ1n) is 9.62. The maximum absolute atomic E-state index is 12.6. The Bertz CT molecular complexity index is 1180. The Balaban J connectivity index is 1.39. The van der Waals surface area contributed by atoms with Crippen LogP contribution in [0.25, 0.3) is 11.4 Å². The fraction of sp³-hybridized carbons (Fsp3) is 0.350. The van der Waals surface area contributed by atoms with Crippen LogP contribution in [0.2, 0.25) is 0 Å². The predicted molar refractivity (Wildman–Crippen MR) is 114 cm³/mol. The summed E-state index contributed by atoms with van der Waals surface area (Å²) < 4.78 is 32.9. The van der Waals surface area contributed by atoms with Crippen molar-refractivity contribution in [3.05, 3.63) is 46.7 Å². The molecule has 0 saturated heterocycles. The van der Waals surface area contributed by atoms with E-state index in [0.717, 1.165) is 41.7 Å². The Morgan fingerprint density at radius 3 is 2.83 bits per heavy atom. The normalized spacial score (nSPS) is 14.5. The first-order valence-corrected chi connectivity index (χ1v) is 12.0. The van der Waals surface area contributed by atoms with Crippen molar-refractivity contribution in [3.63, 3.8) is 0 Å². The van der Waals surface area contributed by atoms with Crippen molar-refractivity contribution >= 4 is 33.0 Å². The summed E-state index contributed by atoms with van der Waals surface area (Å²) in [7, 11) is -3.83. The number of hydrogen-bond donors (Lipinski definition) is 2. The van der Waals surface area contributed by atoms with Gasteiger partial charge in [0.1, 0.15) is 4.21 Å². The molecule has 10 heteroatoms. The Kier molecular flexibility index (Phi) is 5.72. The molecule has 0 spiro atoms. The fourth-order valence-electron chi connectivity index (χ4n) is 3.06. The lowest BCUT2D eigenvalue weighted by atomic mass is 9.85. The highest BCUT2D eigenvalue weighted by atomic mass is 32.2. The number of aryl methyl sites for hydroxylation is 1. The van der Waals surface area contributed by atoms with Crippen molar-refractivity contribution in [3.8, 4) is 11.4 Å². The Labute approximate surface area is 178 Å². The number of carbonyl (C=O) groups excluding carboxylic acids is 1. The molecule has 3 aromatic rings. The Morgan fingerprint density at radius 1 is 1.30 bits per heavy atom. The van der Waals surface area contributed by atoms with Gasteiger partial charge < -0.3 is 9.84 Å². The monoisotopic (exact) mass is 446 g/mol. The molecular formula is C20H22N4O4S2. The van der Waals surface area contributed by atoms with Crippen LogP contribution in [0.4, 0.5) is 5.69 Å². The van der Waals surface area contributed by atoms with Gasteiger partial charge in [0, 0.05) is 22.5 Å². The van der Waals surface area contributed by atoms with Crippen LogP contribution in [0, 0.1) is 13.8 Å². The molecule has 1 amide bonds. The average molecular weight is 447 g/mol. The van der Waals surface area contributed by atoms with E-state index >= 15 is 0 Å². The molecule has 1 fully saturated rings. The number of aromatic nitrogens is 2. The molecule has 158 valence electrons. The van der Waals surface area contributed by atoms with Gasteiger partial charge in [0.15, 0.2) is 0 Å². The topological polar surface area (TPSA) is 114 Å². The second-order valence-electron chi connectivity index (χ2n) is 7.36. The summed E-state index contributed by atoms with van der Waals surface area (Å²) in [6, 6.07) is 7.05. The lowest BCUT2D eigenvalue weighted by molar-refractivity contribution is -0.115. The number of nitrogens with zero attached hydrogens (tertiary/aromatic N) is 2. The first-order chi connectivity index (χ1) is 14.3. The van der Waals surface area contributed by atoms with Crippen LogP contribution < -0.4 is 10.0 Å². The molecule has 0 radical (unpaired) electrons. The van der Waals surface area contributed by atoms with E-state index in [1.165, 1.54) is 6.07 Å². The molecule has 2 heterocycles. The van der Waals surface area contributed by atoms with Crippen LogP contribution in [0.15, 0.2) is 38.4 Å². The SMILES string of the molecule is Cc1cccc(NC(=O)CNS(=O)(=O)c2cc(-c3noc(C4CCC4)n3)cs2)c1C. The summed E-state index contributed by atoms with van der Waals surface area (Å²) in [5, 5.41) is 8.36. The minimum absolute atomic E-state index is 0.0898. The van der Waals surface area contributed by atoms with Crippen LogP contribution in [0.3, 0.4) is 0 Å². The minimum atomic E-state index is -3.83. The number of carbonyl (C=O) groups is 1. The van der Waals surface area contributed by atoms with Gasteiger partial charge in [0.05, 0.1) is 6.54 Å². The smallest absolute Gasteiger partial charge is 0.250 e. The van der Waals surface area contributed by atoms with Gasteiger partial charge in [-0.3, -0.25) is 4.79 Å². The second kappa shape index (κ2) is 8.29. The molecule has 1 aromatic carbocycles. The van der Waals surface area contributed by atoms with Crippen molar-refractivity contribution in [1.82, 2.24) is 14.9 Å². The lowest BCUT2D eigenvalue weighted by Crippen LogP contribution is -2.32. The summed E-state index contributed by atoms with van der Waals surface area (Å²) in [5.41, 5.74) is 3.23. The summed E-state index contributed by atoms with van der Waals surface area (Å²) in [6.45, 7) is 3.48. The van der Waals surface area contributed by atoms with Crippen LogP contribution in [0.5, 0.6) is 0 Å². The summed E-state index contributed by atoms with van der Waals surface area (Å²) in [6.07, 6.45) is 3.24. The van der Waals surface area contributed by atoms with E-state index in [-0.39, 0.29) is 10.8 Å². The molecule has 8 nitrogen and oxygen atoms in total. The van der Waals surface area contributed by atoms with Gasteiger partial charge in [-0.25, -0.2) is 13.1 Å². The molecule has 30 heavy (non-hydrogen) atoms. The highest BCUT2D eigenvalue weighted by Gasteiger charge is 2.26. The second-order valence-corrected chi connectivity index (χ2v) is 10.3. The highest BCUT2D eigenvalue weighted by Crippen LogP contribution is 2.36. The van der Waals surface area contributed by atoms with Crippen LogP contribution >= 0.6 is 11.3 Å². The number of sulfonamides is 1. The summed E-state index contributed by atoms with van der Waals surface area (Å²) in [5.74, 6) is 0.855. The van der Waals surface area contributed by atoms with Gasteiger partial charge >= 0.3 is 0 Å². The molecule has 0 atom stereocenters. The predicted octanol–water partition coefficient (Wildman–Crippen LogP) is 3.60. The molecule has 1 aliphatic carbocycles. The fourth-order valence-corrected chi connectivity index (χ4v) is 5.25. The largest absolute Gasteiger partial charge is 0.339 e. The lowest BCUT2D eigenvalue weighted by Gasteiger charge is -2.20. The van der Waals surface area contributed by atoms with E-state index < -0.39 is 15.9 Å². The van der Waals surface area contributed by atoms with Crippen molar-refractivity contribution in [1.29, 1.82) is 0 Å². The van der Waals surface area contributed by atoms with Crippen molar-refractivity contribution < 1.29 is 17.7 Å². The van der Waals surface area contributed by atoms with Gasteiger partial charge in [-0.15, -0.1) is 11.3 Å². The zero-order valence-electron chi connectivity index (χ0n) is 16.6. The van der Waals surface area contributed by atoms with Crippen LogP contribution in [-0.4, -0.2) is 31.0 Å². The van der Waals surface area contributed by atoms with Crippen molar-refractivity contribution in [2.75, 3.05) is 11.9 Å². The number of nitrogens with one attached hydrogen (secondary N) is 2. The van der Waals surface area contributed by atoms with E-state index in [0.29, 0.717) is 28.9 Å². The number of hydrogen-bond acceptors (Lipinski definition) is 7. The number of amides is 1. The van der Waals surface area contributed by atoms with Crippen molar-refractivity contribution in [2.45, 2.75) is 43.2 Å². The first kappa shape index (κ1) is 20.7. The zero-order valence-corrected chi connectivity index (χ0v) is 18.3. The quantitative estimate of drug-likeness (QED) is 0.573. The molecular weight excluding hydrogens is 424 g/mol. The third-order valence-corrected chi connectivity index (χ3v) is 8.14. The minimum Gasteiger partial charge on any atom is -0.339 e. The Hall–Kier alpha value is -2.56. The summed E-state index contributed by atoms with van der Waals surface area (Å²) in [4.78, 5) is 16.6. The van der Waals surface area contributed by atoms with E-state index in [1.807, 2.05) is 26.0 Å². The van der Waals surface area contributed by atoms with Gasteiger partial charge in [-0.1, -0.05) is 23.7 Å². The molecule has 4 rings (SSSR count). The highest BCUT2D eigenvalue weighted by molar-refractivity contribution is 7.91. The number of anilines is 1. The molecule has 1 saturated carbocycles. The molecule has 0 aliphatic heterocycles. The number of rotatable bonds is 7. The van der Waals surface area contributed by atoms with Crippen LogP contribution in [-0.2, 0) is 14.8 Å². The van der Waals surface area contributed by atoms with Gasteiger partial charge in [-0.05, 0) is 49.9 Å². The zero-order chi connectivity index (χ0) is 21.3. The molecule has 0 unspecified atom stereocenters. The van der Waals surface area contributed by atoms with E-state index in [1.54, 1.807) is 11.4 Å². The molecule has 0 bridgehead atoms. The van der Waals surface area contributed by atoms with E-state index in [2.05, 4.69) is 20.2 Å². The molecule has 1 aliphatic rings. The number of thiophene rings is 1. The third kappa shape index (κ3) is 4.30. The molecule has 2 aromatic heterocycles. The number of benzene rings is 1. The van der Waals surface area contributed by atoms with E-state index in [4.69, 9.17) is 4.52 Å². The maximum Gasteiger partial charge on any atom is 0.250 e. The van der Waals surface area contributed by atoms with Crippen molar-refractivity contribution in [2.24, 2.45) is 0 Å². The maximum atomic E-state index is 12.6. The third-order valence-electron chi connectivity index (χ3n) is 5.30. The Morgan fingerprint density at radius 2 is 2.10 bits per heavy atom. The van der Waals surface area contributed by atoms with E-state index in [9.17, 15) is 13.2 Å².